The number of imidazole rings is 1. The summed E-state index contributed by atoms with van der Waals surface area (Å²) in [5, 5.41) is 8.39. The Labute approximate surface area is 185 Å². The van der Waals surface area contributed by atoms with Crippen LogP contribution in [0.2, 0.25) is 0 Å². The second-order valence-electron chi connectivity index (χ2n) is 8.02. The van der Waals surface area contributed by atoms with Crippen LogP contribution in [0.1, 0.15) is 41.8 Å². The molecule has 1 fully saturated rings. The van der Waals surface area contributed by atoms with Crippen molar-refractivity contribution in [3.63, 3.8) is 0 Å². The number of benzene rings is 1. The van der Waals surface area contributed by atoms with Crippen LogP contribution in [0.15, 0.2) is 24.4 Å². The normalized spacial score (nSPS) is 16.6. The Balaban J connectivity index is 1.43. The number of rotatable bonds is 6. The van der Waals surface area contributed by atoms with Crippen LogP contribution in [0, 0.1) is 5.82 Å². The third-order valence-electron chi connectivity index (χ3n) is 5.22. The molecule has 2 aromatic heterocycles. The van der Waals surface area contributed by atoms with Crippen LogP contribution < -0.4 is 10.6 Å². The maximum Gasteiger partial charge on any atom is 0.410 e. The minimum atomic E-state index is -4.51. The number of carbonyl (C=O) groups excluding carboxylic acids is 2. The first-order valence-electron chi connectivity index (χ1n) is 10.1. The number of amides is 3. The third-order valence-corrected chi connectivity index (χ3v) is 5.22. The lowest BCUT2D eigenvalue weighted by Crippen LogP contribution is -2.40. The van der Waals surface area contributed by atoms with Crippen molar-refractivity contribution in [3.8, 4) is 0 Å². The zero-order chi connectivity index (χ0) is 23.9. The van der Waals surface area contributed by atoms with Gasteiger partial charge in [-0.3, -0.25) is 9.48 Å². The first kappa shape index (κ1) is 22.6. The van der Waals surface area contributed by atoms with Crippen LogP contribution in [0.3, 0.4) is 0 Å². The Morgan fingerprint density at radius 1 is 1.33 bits per heavy atom. The van der Waals surface area contributed by atoms with Gasteiger partial charge in [-0.05, 0) is 31.5 Å². The molecule has 3 amide bonds. The predicted octanol–water partition coefficient (Wildman–Crippen LogP) is 2.87. The van der Waals surface area contributed by atoms with Crippen LogP contribution in [0.5, 0.6) is 0 Å². The molecule has 33 heavy (non-hydrogen) atoms. The second-order valence-corrected chi connectivity index (χ2v) is 8.02. The summed E-state index contributed by atoms with van der Waals surface area (Å²) >= 11 is 0. The van der Waals surface area contributed by atoms with Gasteiger partial charge in [-0.15, -0.1) is 0 Å². The fourth-order valence-electron chi connectivity index (χ4n) is 3.62. The second kappa shape index (κ2) is 8.37. The van der Waals surface area contributed by atoms with Crippen molar-refractivity contribution in [2.75, 3.05) is 6.54 Å². The molecule has 4 rings (SSSR count). The largest absolute Gasteiger partial charge is 0.410 e. The maximum atomic E-state index is 14.0. The highest BCUT2D eigenvalue weighted by Crippen LogP contribution is 2.25. The van der Waals surface area contributed by atoms with Crippen molar-refractivity contribution >= 4 is 23.0 Å². The quantitative estimate of drug-likeness (QED) is 0.485. The lowest BCUT2D eigenvalue weighted by Gasteiger charge is -2.16. The Morgan fingerprint density at radius 3 is 2.76 bits per heavy atom. The monoisotopic (exact) mass is 467 g/mol. The first-order chi connectivity index (χ1) is 15.5. The highest BCUT2D eigenvalue weighted by Gasteiger charge is 2.46. The van der Waals surface area contributed by atoms with Gasteiger partial charge in [-0.2, -0.15) is 18.3 Å². The molecule has 1 aromatic carbocycles. The molecule has 1 aliphatic rings. The van der Waals surface area contributed by atoms with Crippen molar-refractivity contribution in [1.82, 2.24) is 35.3 Å². The predicted molar refractivity (Wildman–Crippen MR) is 109 cm³/mol. The van der Waals surface area contributed by atoms with Gasteiger partial charge in [0.15, 0.2) is 11.5 Å². The molecule has 0 aliphatic carbocycles. The molecule has 1 aliphatic heterocycles. The van der Waals surface area contributed by atoms with E-state index < -0.39 is 36.5 Å². The summed E-state index contributed by atoms with van der Waals surface area (Å²) in [5.74, 6) is -0.962. The van der Waals surface area contributed by atoms with E-state index in [-0.39, 0.29) is 24.8 Å². The fourth-order valence-corrected chi connectivity index (χ4v) is 3.62. The molecule has 3 N–H and O–H groups in total. The zero-order valence-corrected chi connectivity index (χ0v) is 17.7. The number of nitrogens with one attached hydrogen (secondary N) is 3. The number of nitrogens with zero attached hydrogens (tertiary/aromatic N) is 4. The molecular weight excluding hydrogens is 446 g/mol. The lowest BCUT2D eigenvalue weighted by atomic mass is 10.2. The molecule has 1 saturated heterocycles. The van der Waals surface area contributed by atoms with Crippen LogP contribution in [-0.2, 0) is 13.1 Å². The van der Waals surface area contributed by atoms with E-state index in [0.717, 1.165) is 11.1 Å². The minimum Gasteiger partial charge on any atom is -0.343 e. The third kappa shape index (κ3) is 4.61. The molecule has 1 atom stereocenters. The van der Waals surface area contributed by atoms with E-state index >= 15 is 0 Å². The number of fused-ring (bicyclic) bond motifs is 1. The lowest BCUT2D eigenvalue weighted by molar-refractivity contribution is -0.149. The van der Waals surface area contributed by atoms with Crippen LogP contribution in [0.25, 0.3) is 11.0 Å². The topological polar surface area (TPSA) is 108 Å². The summed E-state index contributed by atoms with van der Waals surface area (Å²) in [6.07, 6.45) is -3.53. The Bertz CT molecular complexity index is 1200. The molecule has 0 radical (unpaired) electrons. The standard InChI is InChI=1S/C20H21F4N7O2/c1-10(2)31-17(12(21)6-26-31)18(32)25-7-16-27-13-4-3-11(5-14(13)28-16)8-30-9-15(20(22,23)24)29-19(30)33/h3-6,10,15H,7-9H2,1-2H3,(H,25,32)(H,27,28)(H,29,33). The summed E-state index contributed by atoms with van der Waals surface area (Å²) in [4.78, 5) is 32.8. The van der Waals surface area contributed by atoms with Crippen molar-refractivity contribution < 1.29 is 27.2 Å². The van der Waals surface area contributed by atoms with E-state index in [0.29, 0.717) is 22.4 Å². The number of hydrogen-bond donors (Lipinski definition) is 3. The Morgan fingerprint density at radius 2 is 2.09 bits per heavy atom. The SMILES string of the molecule is CC(C)n1ncc(F)c1C(=O)NCc1nc2ccc(CN3CC(C(F)(F)F)NC3=O)cc2[nH]1. The van der Waals surface area contributed by atoms with E-state index in [9.17, 15) is 27.2 Å². The number of hydrogen-bond acceptors (Lipinski definition) is 4. The van der Waals surface area contributed by atoms with E-state index in [4.69, 9.17) is 0 Å². The van der Waals surface area contributed by atoms with Gasteiger partial charge in [0, 0.05) is 12.6 Å². The van der Waals surface area contributed by atoms with Gasteiger partial charge in [-0.1, -0.05) is 6.07 Å². The summed E-state index contributed by atoms with van der Waals surface area (Å²) in [5.41, 5.74) is 1.59. The van der Waals surface area contributed by atoms with Crippen molar-refractivity contribution in [3.05, 3.63) is 47.3 Å². The number of aromatic amines is 1. The van der Waals surface area contributed by atoms with Gasteiger partial charge in [0.1, 0.15) is 11.9 Å². The minimum absolute atomic E-state index is 0.00207. The number of H-pyrrole nitrogens is 1. The first-order valence-corrected chi connectivity index (χ1v) is 10.1. The highest BCUT2D eigenvalue weighted by molar-refractivity contribution is 5.92. The smallest absolute Gasteiger partial charge is 0.343 e. The molecule has 9 nitrogen and oxygen atoms in total. The summed E-state index contributed by atoms with van der Waals surface area (Å²) in [6.45, 7) is 3.07. The van der Waals surface area contributed by atoms with Crippen molar-refractivity contribution in [2.45, 2.75) is 45.2 Å². The number of aromatic nitrogens is 4. The zero-order valence-electron chi connectivity index (χ0n) is 17.7. The van der Waals surface area contributed by atoms with Crippen LogP contribution in [0.4, 0.5) is 22.4 Å². The maximum absolute atomic E-state index is 14.0. The molecule has 13 heteroatoms. The molecule has 3 aromatic rings. The average Bonchev–Trinajstić information content (AvgIpc) is 3.42. The molecule has 0 saturated carbocycles. The van der Waals surface area contributed by atoms with Gasteiger partial charge in [0.25, 0.3) is 5.91 Å². The number of carbonyl (C=O) groups is 2. The van der Waals surface area contributed by atoms with Crippen molar-refractivity contribution in [1.29, 1.82) is 0 Å². The highest BCUT2D eigenvalue weighted by atomic mass is 19.4. The Hall–Kier alpha value is -3.64. The van der Waals surface area contributed by atoms with E-state index in [1.54, 1.807) is 32.0 Å². The fraction of sp³-hybridized carbons (Fsp3) is 0.400. The molecule has 0 bridgehead atoms. The summed E-state index contributed by atoms with van der Waals surface area (Å²) < 4.78 is 53.8. The summed E-state index contributed by atoms with van der Waals surface area (Å²) in [6, 6.07) is 2.12. The van der Waals surface area contributed by atoms with Gasteiger partial charge in [0.05, 0.1) is 30.3 Å². The van der Waals surface area contributed by atoms with Crippen molar-refractivity contribution in [2.24, 2.45) is 0 Å². The van der Waals surface area contributed by atoms with Gasteiger partial charge < -0.3 is 20.5 Å². The van der Waals surface area contributed by atoms with Crippen LogP contribution >= 0.6 is 0 Å². The van der Waals surface area contributed by atoms with E-state index in [2.05, 4.69) is 20.4 Å². The average molecular weight is 467 g/mol. The molecule has 3 heterocycles. The van der Waals surface area contributed by atoms with Gasteiger partial charge in [-0.25, -0.2) is 14.2 Å². The number of urea groups is 1. The summed E-state index contributed by atoms with van der Waals surface area (Å²) in [7, 11) is 0. The van der Waals surface area contributed by atoms with E-state index in [1.165, 1.54) is 4.68 Å². The van der Waals surface area contributed by atoms with E-state index in [1.807, 2.05) is 5.32 Å². The van der Waals surface area contributed by atoms with Crippen LogP contribution in [-0.4, -0.2) is 55.3 Å². The number of halogens is 4. The van der Waals surface area contributed by atoms with Gasteiger partial charge >= 0.3 is 12.2 Å². The molecule has 0 spiro atoms. The number of alkyl halides is 3. The molecule has 1 unspecified atom stereocenters. The molecular formula is C20H21F4N7O2. The van der Waals surface area contributed by atoms with Gasteiger partial charge in [0.2, 0.25) is 0 Å². The Kier molecular flexibility index (Phi) is 5.72. The molecule has 176 valence electrons.